The smallest absolute Gasteiger partial charge is 0.144 e. The number of nitrogens with zero attached hydrogens (tertiary/aromatic N) is 2. The molecule has 0 amide bonds. The van der Waals surface area contributed by atoms with Crippen molar-refractivity contribution >= 4 is 5.52 Å². The zero-order valence-electron chi connectivity index (χ0n) is 7.73. The molecule has 13 heavy (non-hydrogen) atoms. The van der Waals surface area contributed by atoms with Gasteiger partial charge in [-0.1, -0.05) is 6.07 Å². The molecule has 0 saturated heterocycles. The summed E-state index contributed by atoms with van der Waals surface area (Å²) in [7, 11) is 0. The summed E-state index contributed by atoms with van der Waals surface area (Å²) in [6, 6.07) is 5.83. The molecule has 0 aromatic carbocycles. The van der Waals surface area contributed by atoms with Crippen molar-refractivity contribution in [2.75, 3.05) is 0 Å². The van der Waals surface area contributed by atoms with E-state index in [1.807, 2.05) is 28.8 Å². The second kappa shape index (κ2) is 2.57. The number of pyridine rings is 1. The third-order valence-electron chi connectivity index (χ3n) is 1.99. The van der Waals surface area contributed by atoms with Crippen molar-refractivity contribution in [3.63, 3.8) is 0 Å². The van der Waals surface area contributed by atoms with Crippen LogP contribution < -0.4 is 0 Å². The number of imidazole rings is 1. The van der Waals surface area contributed by atoms with Gasteiger partial charge < -0.3 is 9.51 Å². The minimum atomic E-state index is -0.895. The Labute approximate surface area is 76.7 Å². The molecule has 0 bridgehead atoms. The van der Waals surface area contributed by atoms with Gasteiger partial charge in [0.2, 0.25) is 0 Å². The average Bonchev–Trinajstić information content (AvgIpc) is 2.45. The monoisotopic (exact) mass is 176 g/mol. The van der Waals surface area contributed by atoms with Gasteiger partial charge in [-0.05, 0) is 26.0 Å². The number of fused-ring (bicyclic) bond motifs is 1. The lowest BCUT2D eigenvalue weighted by Gasteiger charge is -2.15. The fraction of sp³-hybridized carbons (Fsp3) is 0.300. The maximum absolute atomic E-state index is 9.79. The Balaban J connectivity index is 2.72. The first kappa shape index (κ1) is 8.26. The fourth-order valence-corrected chi connectivity index (χ4v) is 1.40. The molecule has 2 aromatic heterocycles. The average molecular weight is 176 g/mol. The van der Waals surface area contributed by atoms with Crippen molar-refractivity contribution in [1.82, 2.24) is 9.38 Å². The Kier molecular flexibility index (Phi) is 1.63. The lowest BCUT2D eigenvalue weighted by molar-refractivity contribution is 0.0682. The standard InChI is InChI=1S/C10H12N2O/c1-10(2,13)9-11-7-8-5-3-4-6-12(8)9/h3-7,13H,1-2H3. The molecule has 0 radical (unpaired) electrons. The van der Waals surface area contributed by atoms with E-state index < -0.39 is 5.60 Å². The number of hydrogen-bond donors (Lipinski definition) is 1. The third-order valence-corrected chi connectivity index (χ3v) is 1.99. The Morgan fingerprint density at radius 1 is 1.38 bits per heavy atom. The van der Waals surface area contributed by atoms with Crippen LogP contribution in [0.3, 0.4) is 0 Å². The second-order valence-corrected chi connectivity index (χ2v) is 3.64. The van der Waals surface area contributed by atoms with E-state index in [-0.39, 0.29) is 0 Å². The fourth-order valence-electron chi connectivity index (χ4n) is 1.40. The largest absolute Gasteiger partial charge is 0.382 e. The van der Waals surface area contributed by atoms with E-state index in [4.69, 9.17) is 0 Å². The number of aliphatic hydroxyl groups is 1. The zero-order chi connectivity index (χ0) is 9.47. The van der Waals surface area contributed by atoms with Gasteiger partial charge in [0, 0.05) is 6.20 Å². The molecule has 0 atom stereocenters. The van der Waals surface area contributed by atoms with Crippen molar-refractivity contribution in [3.8, 4) is 0 Å². The number of rotatable bonds is 1. The van der Waals surface area contributed by atoms with E-state index in [0.717, 1.165) is 5.52 Å². The number of aromatic nitrogens is 2. The van der Waals surface area contributed by atoms with E-state index in [1.165, 1.54) is 0 Å². The van der Waals surface area contributed by atoms with Crippen molar-refractivity contribution in [2.24, 2.45) is 0 Å². The van der Waals surface area contributed by atoms with E-state index in [0.29, 0.717) is 5.82 Å². The molecule has 2 aromatic rings. The van der Waals surface area contributed by atoms with Gasteiger partial charge in [-0.2, -0.15) is 0 Å². The van der Waals surface area contributed by atoms with Gasteiger partial charge in [0.25, 0.3) is 0 Å². The van der Waals surface area contributed by atoms with Crippen molar-refractivity contribution < 1.29 is 5.11 Å². The lowest BCUT2D eigenvalue weighted by atomic mass is 10.1. The van der Waals surface area contributed by atoms with Gasteiger partial charge in [-0.25, -0.2) is 4.98 Å². The molecule has 0 unspecified atom stereocenters. The van der Waals surface area contributed by atoms with Crippen LogP contribution >= 0.6 is 0 Å². The molecule has 2 heterocycles. The molecule has 3 nitrogen and oxygen atoms in total. The molecule has 0 spiro atoms. The van der Waals surface area contributed by atoms with Gasteiger partial charge in [0.05, 0.1) is 11.7 Å². The Morgan fingerprint density at radius 2 is 2.15 bits per heavy atom. The molecule has 0 aliphatic heterocycles. The van der Waals surface area contributed by atoms with E-state index in [1.54, 1.807) is 20.0 Å². The Hall–Kier alpha value is -1.35. The molecule has 3 heteroatoms. The van der Waals surface area contributed by atoms with Crippen LogP contribution in [0.4, 0.5) is 0 Å². The van der Waals surface area contributed by atoms with Crippen molar-refractivity contribution in [1.29, 1.82) is 0 Å². The van der Waals surface area contributed by atoms with Crippen LogP contribution in [0.25, 0.3) is 5.52 Å². The summed E-state index contributed by atoms with van der Waals surface area (Å²) in [6.07, 6.45) is 3.66. The van der Waals surface area contributed by atoms with Crippen LogP contribution in [0.1, 0.15) is 19.7 Å². The van der Waals surface area contributed by atoms with Crippen LogP contribution in [0, 0.1) is 0 Å². The molecule has 0 aliphatic carbocycles. The van der Waals surface area contributed by atoms with E-state index >= 15 is 0 Å². The molecular weight excluding hydrogens is 164 g/mol. The van der Waals surface area contributed by atoms with E-state index in [2.05, 4.69) is 4.98 Å². The van der Waals surface area contributed by atoms with Crippen LogP contribution in [-0.2, 0) is 5.60 Å². The van der Waals surface area contributed by atoms with Crippen LogP contribution in [-0.4, -0.2) is 14.5 Å². The first-order chi connectivity index (χ1) is 6.09. The van der Waals surface area contributed by atoms with Crippen molar-refractivity contribution in [3.05, 3.63) is 36.4 Å². The molecular formula is C10H12N2O. The molecule has 1 N–H and O–H groups in total. The first-order valence-corrected chi connectivity index (χ1v) is 4.24. The van der Waals surface area contributed by atoms with Gasteiger partial charge in [0.15, 0.2) is 0 Å². The third kappa shape index (κ3) is 1.31. The summed E-state index contributed by atoms with van der Waals surface area (Å²) in [4.78, 5) is 4.18. The normalized spacial score (nSPS) is 12.2. The number of hydrogen-bond acceptors (Lipinski definition) is 2. The van der Waals surface area contributed by atoms with Gasteiger partial charge in [-0.3, -0.25) is 0 Å². The lowest BCUT2D eigenvalue weighted by Crippen LogP contribution is -2.19. The predicted octanol–water partition coefficient (Wildman–Crippen LogP) is 1.56. The maximum atomic E-state index is 9.79. The summed E-state index contributed by atoms with van der Waals surface area (Å²) < 4.78 is 1.89. The van der Waals surface area contributed by atoms with Crippen LogP contribution in [0.2, 0.25) is 0 Å². The molecule has 0 aliphatic rings. The molecule has 2 rings (SSSR count). The Morgan fingerprint density at radius 3 is 2.85 bits per heavy atom. The van der Waals surface area contributed by atoms with Gasteiger partial charge in [-0.15, -0.1) is 0 Å². The summed E-state index contributed by atoms with van der Waals surface area (Å²) in [5, 5.41) is 9.79. The van der Waals surface area contributed by atoms with Crippen LogP contribution in [0.15, 0.2) is 30.6 Å². The second-order valence-electron chi connectivity index (χ2n) is 3.64. The summed E-state index contributed by atoms with van der Waals surface area (Å²) in [6.45, 7) is 3.46. The molecule has 68 valence electrons. The first-order valence-electron chi connectivity index (χ1n) is 4.24. The highest BCUT2D eigenvalue weighted by Gasteiger charge is 2.21. The highest BCUT2D eigenvalue weighted by molar-refractivity contribution is 5.46. The minimum absolute atomic E-state index is 0.670. The zero-order valence-corrected chi connectivity index (χ0v) is 7.73. The van der Waals surface area contributed by atoms with Gasteiger partial charge in [0.1, 0.15) is 11.4 Å². The minimum Gasteiger partial charge on any atom is -0.382 e. The predicted molar refractivity (Wildman–Crippen MR) is 50.4 cm³/mol. The topological polar surface area (TPSA) is 37.5 Å². The Bertz CT molecular complexity index is 426. The quantitative estimate of drug-likeness (QED) is 0.716. The van der Waals surface area contributed by atoms with Crippen LogP contribution in [0.5, 0.6) is 0 Å². The summed E-state index contributed by atoms with van der Waals surface area (Å²) in [5.74, 6) is 0.670. The van der Waals surface area contributed by atoms with Crippen molar-refractivity contribution in [2.45, 2.75) is 19.4 Å². The van der Waals surface area contributed by atoms with Gasteiger partial charge >= 0.3 is 0 Å². The summed E-state index contributed by atoms with van der Waals surface area (Å²) >= 11 is 0. The van der Waals surface area contributed by atoms with E-state index in [9.17, 15) is 5.11 Å². The highest BCUT2D eigenvalue weighted by Crippen LogP contribution is 2.19. The molecule has 0 fully saturated rings. The highest BCUT2D eigenvalue weighted by atomic mass is 16.3. The SMILES string of the molecule is CC(C)(O)c1ncc2ccccn12. The molecule has 0 saturated carbocycles. The maximum Gasteiger partial charge on any atom is 0.144 e. The summed E-state index contributed by atoms with van der Waals surface area (Å²) in [5.41, 5.74) is 0.105.